The molecule has 4 nitrogen and oxygen atoms in total. The number of primary sulfonamides is 1. The maximum Gasteiger partial charge on any atom is 0.209 e. The van der Waals surface area contributed by atoms with Crippen LogP contribution in [0.1, 0.15) is 39.5 Å². The lowest BCUT2D eigenvalue weighted by Gasteiger charge is -2.32. The maximum atomic E-state index is 12.9. The van der Waals surface area contributed by atoms with Gasteiger partial charge in [-0.25, -0.2) is 17.9 Å². The molecule has 1 aromatic rings. The molecule has 0 aromatic heterocycles. The number of benzene rings is 1. The standard InChI is InChI=1S/C15H24FNO3S/c1-3-9-15(10-4-2,12-21(17,18)19)11-20-14-7-5-13(16)6-8-14/h5-8H,3-4,9-12H2,1-2H3,(H2,17,18,19). The van der Waals surface area contributed by atoms with E-state index in [2.05, 4.69) is 0 Å². The van der Waals surface area contributed by atoms with Gasteiger partial charge in [-0.1, -0.05) is 26.7 Å². The van der Waals surface area contributed by atoms with E-state index < -0.39 is 15.4 Å². The van der Waals surface area contributed by atoms with Gasteiger partial charge in [0, 0.05) is 5.41 Å². The predicted molar refractivity (Wildman–Crippen MR) is 82.1 cm³/mol. The summed E-state index contributed by atoms with van der Waals surface area (Å²) >= 11 is 0. The number of hydrogen-bond acceptors (Lipinski definition) is 3. The quantitative estimate of drug-likeness (QED) is 0.761. The van der Waals surface area contributed by atoms with E-state index in [9.17, 15) is 12.8 Å². The third kappa shape index (κ3) is 6.44. The molecule has 0 radical (unpaired) electrons. The van der Waals surface area contributed by atoms with Gasteiger partial charge in [-0.3, -0.25) is 0 Å². The fourth-order valence-electron chi connectivity index (χ4n) is 2.71. The topological polar surface area (TPSA) is 69.4 Å². The zero-order valence-electron chi connectivity index (χ0n) is 12.6. The second-order valence-electron chi connectivity index (χ2n) is 5.55. The number of halogens is 1. The highest BCUT2D eigenvalue weighted by molar-refractivity contribution is 7.89. The molecule has 0 aliphatic carbocycles. The smallest absolute Gasteiger partial charge is 0.209 e. The summed E-state index contributed by atoms with van der Waals surface area (Å²) in [4.78, 5) is 0. The lowest BCUT2D eigenvalue weighted by atomic mass is 9.82. The van der Waals surface area contributed by atoms with Crippen molar-refractivity contribution in [1.29, 1.82) is 0 Å². The van der Waals surface area contributed by atoms with Crippen molar-refractivity contribution in [2.45, 2.75) is 39.5 Å². The average Bonchev–Trinajstić information content (AvgIpc) is 2.37. The van der Waals surface area contributed by atoms with E-state index in [4.69, 9.17) is 9.88 Å². The second kappa shape index (κ2) is 7.75. The van der Waals surface area contributed by atoms with E-state index >= 15 is 0 Å². The Balaban J connectivity index is 2.86. The molecular formula is C15H24FNO3S. The molecule has 0 spiro atoms. The van der Waals surface area contributed by atoms with Crippen molar-refractivity contribution in [3.63, 3.8) is 0 Å². The molecule has 6 heteroatoms. The van der Waals surface area contributed by atoms with Gasteiger partial charge in [0.2, 0.25) is 10.0 Å². The third-order valence-electron chi connectivity index (χ3n) is 3.43. The van der Waals surface area contributed by atoms with E-state index in [0.717, 1.165) is 25.7 Å². The molecule has 1 aromatic carbocycles. The van der Waals surface area contributed by atoms with Crippen LogP contribution in [-0.4, -0.2) is 20.8 Å². The fraction of sp³-hybridized carbons (Fsp3) is 0.600. The van der Waals surface area contributed by atoms with Crippen molar-refractivity contribution in [3.8, 4) is 5.75 Å². The van der Waals surface area contributed by atoms with Gasteiger partial charge in [0.1, 0.15) is 11.6 Å². The summed E-state index contributed by atoms with van der Waals surface area (Å²) in [5.74, 6) is 0.103. The van der Waals surface area contributed by atoms with Gasteiger partial charge in [0.25, 0.3) is 0 Å². The van der Waals surface area contributed by atoms with Gasteiger partial charge >= 0.3 is 0 Å². The third-order valence-corrected chi connectivity index (χ3v) is 4.44. The van der Waals surface area contributed by atoms with Gasteiger partial charge in [-0.05, 0) is 37.1 Å². The number of hydrogen-bond donors (Lipinski definition) is 1. The summed E-state index contributed by atoms with van der Waals surface area (Å²) in [5.41, 5.74) is -0.495. The highest BCUT2D eigenvalue weighted by Gasteiger charge is 2.33. The van der Waals surface area contributed by atoms with Crippen molar-refractivity contribution in [2.24, 2.45) is 10.6 Å². The van der Waals surface area contributed by atoms with Crippen LogP contribution < -0.4 is 9.88 Å². The molecule has 0 fully saturated rings. The molecule has 0 atom stereocenters. The SMILES string of the molecule is CCCC(CCC)(COc1ccc(F)cc1)CS(N)(=O)=O. The van der Waals surface area contributed by atoms with Crippen LogP contribution in [0.2, 0.25) is 0 Å². The van der Waals surface area contributed by atoms with Crippen LogP contribution >= 0.6 is 0 Å². The van der Waals surface area contributed by atoms with E-state index in [1.165, 1.54) is 24.3 Å². The van der Waals surface area contributed by atoms with E-state index in [0.29, 0.717) is 5.75 Å². The summed E-state index contributed by atoms with van der Waals surface area (Å²) in [6.07, 6.45) is 3.14. The minimum Gasteiger partial charge on any atom is -0.493 e. The molecule has 2 N–H and O–H groups in total. The van der Waals surface area contributed by atoms with Gasteiger partial charge in [0.15, 0.2) is 0 Å². The number of rotatable bonds is 9. The Morgan fingerprint density at radius 3 is 2.10 bits per heavy atom. The Morgan fingerprint density at radius 1 is 1.14 bits per heavy atom. The minimum atomic E-state index is -3.58. The van der Waals surface area contributed by atoms with Crippen molar-refractivity contribution in [1.82, 2.24) is 0 Å². The molecule has 0 heterocycles. The summed E-state index contributed by atoms with van der Waals surface area (Å²) in [6.45, 7) is 4.27. The molecule has 120 valence electrons. The summed E-state index contributed by atoms with van der Waals surface area (Å²) in [6, 6.07) is 5.70. The zero-order chi connectivity index (χ0) is 15.9. The van der Waals surface area contributed by atoms with Crippen molar-refractivity contribution in [3.05, 3.63) is 30.1 Å². The van der Waals surface area contributed by atoms with Crippen LogP contribution in [0.25, 0.3) is 0 Å². The maximum absolute atomic E-state index is 12.9. The van der Waals surface area contributed by atoms with E-state index in [-0.39, 0.29) is 18.2 Å². The average molecular weight is 317 g/mol. The first-order valence-corrected chi connectivity index (χ1v) is 8.90. The fourth-order valence-corrected chi connectivity index (χ4v) is 3.94. The molecule has 0 aliphatic heterocycles. The molecule has 0 amide bonds. The Morgan fingerprint density at radius 2 is 1.67 bits per heavy atom. The van der Waals surface area contributed by atoms with E-state index in [1.54, 1.807) is 0 Å². The zero-order valence-corrected chi connectivity index (χ0v) is 13.5. The first-order valence-electron chi connectivity index (χ1n) is 7.19. The molecule has 1 rings (SSSR count). The van der Waals surface area contributed by atoms with Crippen LogP contribution in [0, 0.1) is 11.2 Å². The highest BCUT2D eigenvalue weighted by atomic mass is 32.2. The normalized spacial score (nSPS) is 12.4. The van der Waals surface area contributed by atoms with Crippen LogP contribution in [-0.2, 0) is 10.0 Å². The van der Waals surface area contributed by atoms with Gasteiger partial charge in [-0.15, -0.1) is 0 Å². The molecule has 0 saturated carbocycles. The van der Waals surface area contributed by atoms with Crippen LogP contribution in [0.5, 0.6) is 5.75 Å². The Bertz CT molecular complexity index is 522. The van der Waals surface area contributed by atoms with Crippen LogP contribution in [0.15, 0.2) is 24.3 Å². The molecule has 0 saturated heterocycles. The summed E-state index contributed by atoms with van der Waals surface area (Å²) in [5, 5.41) is 5.24. The number of nitrogens with two attached hydrogens (primary N) is 1. The molecule has 21 heavy (non-hydrogen) atoms. The van der Waals surface area contributed by atoms with Crippen LogP contribution in [0.3, 0.4) is 0 Å². The van der Waals surface area contributed by atoms with E-state index in [1.807, 2.05) is 13.8 Å². The van der Waals surface area contributed by atoms with Crippen molar-refractivity contribution < 1.29 is 17.5 Å². The molecular weight excluding hydrogens is 293 g/mol. The number of sulfonamides is 1. The summed E-state index contributed by atoms with van der Waals surface area (Å²) < 4.78 is 41.6. The van der Waals surface area contributed by atoms with Gasteiger partial charge in [-0.2, -0.15) is 0 Å². The first-order chi connectivity index (χ1) is 9.80. The monoisotopic (exact) mass is 317 g/mol. The molecule has 0 bridgehead atoms. The van der Waals surface area contributed by atoms with Gasteiger partial charge in [0.05, 0.1) is 12.4 Å². The highest BCUT2D eigenvalue weighted by Crippen LogP contribution is 2.32. The second-order valence-corrected chi connectivity index (χ2v) is 7.16. The van der Waals surface area contributed by atoms with Gasteiger partial charge < -0.3 is 4.74 Å². The minimum absolute atomic E-state index is 0.0944. The summed E-state index contributed by atoms with van der Waals surface area (Å²) in [7, 11) is -3.58. The van der Waals surface area contributed by atoms with Crippen molar-refractivity contribution in [2.75, 3.05) is 12.4 Å². The Kier molecular flexibility index (Phi) is 6.61. The lowest BCUT2D eigenvalue weighted by Crippen LogP contribution is -2.38. The first kappa shape index (κ1) is 17.9. The Hall–Kier alpha value is -1.14. The molecule has 0 aliphatic rings. The molecule has 0 unspecified atom stereocenters. The predicted octanol–water partition coefficient (Wildman–Crippen LogP) is 3.08. The largest absolute Gasteiger partial charge is 0.493 e. The number of ether oxygens (including phenoxy) is 1. The lowest BCUT2D eigenvalue weighted by molar-refractivity contribution is 0.141. The Labute approximate surface area is 126 Å². The van der Waals surface area contributed by atoms with Crippen molar-refractivity contribution >= 4 is 10.0 Å². The van der Waals surface area contributed by atoms with Crippen LogP contribution in [0.4, 0.5) is 4.39 Å².